The lowest BCUT2D eigenvalue weighted by molar-refractivity contribution is 0.0992. The summed E-state index contributed by atoms with van der Waals surface area (Å²) in [5.41, 5.74) is 28.7. The molecule has 12 aromatic rings. The monoisotopic (exact) mass is 1390 g/mol. The van der Waals surface area contributed by atoms with E-state index in [1.165, 1.54) is 11.3 Å². The maximum atomic E-state index is 11.6. The highest BCUT2D eigenvalue weighted by molar-refractivity contribution is 7.81. The maximum Gasteiger partial charge on any atom is 0.169 e. The zero-order valence-corrected chi connectivity index (χ0v) is 61.4. The van der Waals surface area contributed by atoms with Gasteiger partial charge >= 0.3 is 0 Å². The first-order valence-electron chi connectivity index (χ1n) is 31.9. The molecule has 0 bridgehead atoms. The molecule has 8 heterocycles. The van der Waals surface area contributed by atoms with Gasteiger partial charge < -0.3 is 16.0 Å². The number of nitrogens with zero attached hydrogens (tertiary/aromatic N) is 8. The van der Waals surface area contributed by atoms with Crippen LogP contribution in [-0.2, 0) is 6.42 Å². The summed E-state index contributed by atoms with van der Waals surface area (Å²) in [6.07, 6.45) is 3.31. The number of carbonyl (C=O) groups is 2. The number of hydrogen-bond acceptors (Lipinski definition) is 14. The number of fused-ring (bicyclic) bond motifs is 1. The quantitative estimate of drug-likeness (QED) is 0.0927. The number of thiocarbonyl (C=S) groups is 4. The van der Waals surface area contributed by atoms with Crippen LogP contribution in [0.4, 0.5) is 0 Å². The summed E-state index contributed by atoms with van der Waals surface area (Å²) in [5.74, 6) is 0.377. The SMILES string of the molecule is CC(=O)c1ccc(-c2cccc(C)n2)s1.CC(=S)c1ccc(-c2cccc(C)n2)cc1.CNC(=S)c1ccc(-c2cccc(C)n2)cn1.Cc1cccc(-c2ccc(C(=S)N(C)C)cc2)n1.Cc1cccc(-c2ccc(C(N)=S)cc2)n1.Cc1cccc(-c2ccc3c(c2)CCC3=O)n1. The molecular weight excluding hydrogens is 1320 g/mol. The molecule has 12 nitrogen and oxygen atoms in total. The van der Waals surface area contributed by atoms with Crippen molar-refractivity contribution in [2.45, 2.75) is 68.2 Å². The minimum Gasteiger partial charge on any atom is -0.389 e. The van der Waals surface area contributed by atoms with Crippen LogP contribution in [0.1, 0.15) is 102 Å². The van der Waals surface area contributed by atoms with Crippen molar-refractivity contribution in [3.63, 3.8) is 0 Å². The number of carbonyl (C=O) groups excluding carboxylic acids is 2. The van der Waals surface area contributed by atoms with Crippen LogP contribution in [-0.4, -0.2) is 92.3 Å². The fourth-order valence-corrected chi connectivity index (χ4v) is 11.4. The number of thiophene rings is 1. The first-order valence-corrected chi connectivity index (χ1v) is 34.4. The summed E-state index contributed by atoms with van der Waals surface area (Å²) in [6, 6.07) is 73.8. The number of ketones is 2. The summed E-state index contributed by atoms with van der Waals surface area (Å²) in [4.78, 5) is 60.4. The Kier molecular flexibility index (Phi) is 27.4. The molecule has 0 saturated carbocycles. The predicted octanol–water partition coefficient (Wildman–Crippen LogP) is 18.6. The van der Waals surface area contributed by atoms with Gasteiger partial charge in [0.1, 0.15) is 15.0 Å². The van der Waals surface area contributed by atoms with Crippen LogP contribution in [0.25, 0.3) is 66.9 Å². The number of aromatic nitrogens is 7. The lowest BCUT2D eigenvalue weighted by Gasteiger charge is -2.13. The van der Waals surface area contributed by atoms with E-state index >= 15 is 0 Å². The van der Waals surface area contributed by atoms with Crippen molar-refractivity contribution < 1.29 is 9.59 Å². The lowest BCUT2D eigenvalue weighted by atomic mass is 10.0. The van der Waals surface area contributed by atoms with Gasteiger partial charge in [0.2, 0.25) is 0 Å². The number of Topliss-reactive ketones (excluding diaryl/α,β-unsaturated/α-hetero) is 2. The molecule has 13 rings (SSSR count). The van der Waals surface area contributed by atoms with E-state index in [1.807, 2.05) is 262 Å². The molecule has 1 aliphatic carbocycles. The van der Waals surface area contributed by atoms with Crippen LogP contribution < -0.4 is 11.1 Å². The molecular formula is C82H78N10O2S5. The summed E-state index contributed by atoms with van der Waals surface area (Å²) >= 11 is 22.0. The summed E-state index contributed by atoms with van der Waals surface area (Å²) in [7, 11) is 5.71. The Morgan fingerprint density at radius 1 is 0.455 bits per heavy atom. The molecule has 0 saturated heterocycles. The molecule has 0 atom stereocenters. The van der Waals surface area contributed by atoms with Crippen molar-refractivity contribution in [3.05, 3.63) is 303 Å². The first kappa shape index (κ1) is 74.5. The number of rotatable bonds is 11. The number of hydrogen-bond donors (Lipinski definition) is 2. The molecule has 1 aliphatic rings. The second kappa shape index (κ2) is 36.4. The molecule has 0 amide bonds. The number of aryl methyl sites for hydroxylation is 7. The zero-order chi connectivity index (χ0) is 71.1. The molecule has 0 aliphatic heterocycles. The van der Waals surface area contributed by atoms with Crippen LogP contribution in [0.3, 0.4) is 0 Å². The van der Waals surface area contributed by atoms with Crippen molar-refractivity contribution in [1.82, 2.24) is 45.1 Å². The molecule has 498 valence electrons. The van der Waals surface area contributed by atoms with Gasteiger partial charge in [-0.3, -0.25) is 44.5 Å². The van der Waals surface area contributed by atoms with Gasteiger partial charge in [-0.2, -0.15) is 0 Å². The van der Waals surface area contributed by atoms with Crippen molar-refractivity contribution >= 4 is 91.6 Å². The van der Waals surface area contributed by atoms with Crippen LogP contribution in [0.5, 0.6) is 0 Å². The highest BCUT2D eigenvalue weighted by Gasteiger charge is 2.20. The Morgan fingerprint density at radius 3 is 1.21 bits per heavy atom. The largest absolute Gasteiger partial charge is 0.389 e. The third kappa shape index (κ3) is 22.1. The topological polar surface area (TPSA) is 166 Å². The average molecular weight is 1400 g/mol. The van der Waals surface area contributed by atoms with Gasteiger partial charge in [0, 0.05) is 117 Å². The van der Waals surface area contributed by atoms with Crippen LogP contribution in [0.15, 0.2) is 231 Å². The van der Waals surface area contributed by atoms with Gasteiger partial charge in [-0.25, -0.2) is 0 Å². The Morgan fingerprint density at radius 2 is 0.838 bits per heavy atom. The van der Waals surface area contributed by atoms with Crippen LogP contribution in [0.2, 0.25) is 0 Å². The first-order chi connectivity index (χ1) is 47.5. The molecule has 99 heavy (non-hydrogen) atoms. The normalized spacial score (nSPS) is 10.8. The molecule has 0 radical (unpaired) electrons. The summed E-state index contributed by atoms with van der Waals surface area (Å²) < 4.78 is 0. The smallest absolute Gasteiger partial charge is 0.169 e. The molecule has 8 aromatic heterocycles. The standard InChI is InChI=1S/C15H16N2S.C15H13NO.C14H13NS.C13H13N3S.C13H12N2S.C12H11NOS/c1-11-5-4-6-14(16-11)12-7-9-13(10-8-12)15(18)17(2)3;1-10-3-2-4-14(16-10)12-5-7-13-11(9-12)6-8-15(13)17;1-10-4-3-5-14(15-10)13-8-6-12(7-9-13)11(2)16;1-9-4-3-5-11(16-9)10-6-7-12(15-8-10)13(17)14-2;1-9-3-2-4-12(15-9)10-5-7-11(8-6-10)13(14)16;1-8-4-3-5-10(13-8)12-7-6-11(15-12)9(2)14/h4-10H,1-3H3;2-5,7,9H,6,8H2,1H3;3-9H,1-2H3;3-8H,1-2H3,(H,14,17);2-8H,1H3,(H2,14,16);3-7H,1-2H3. The van der Waals surface area contributed by atoms with E-state index in [0.717, 1.165) is 156 Å². The maximum absolute atomic E-state index is 11.6. The fraction of sp³-hybridized carbons (Fsp3) is 0.159. The van der Waals surface area contributed by atoms with E-state index in [0.29, 0.717) is 16.4 Å². The van der Waals surface area contributed by atoms with Gasteiger partial charge in [-0.05, 0) is 176 Å². The van der Waals surface area contributed by atoms with Crippen molar-refractivity contribution in [1.29, 1.82) is 0 Å². The van der Waals surface area contributed by atoms with Gasteiger partial charge in [0.25, 0.3) is 0 Å². The van der Waals surface area contributed by atoms with Gasteiger partial charge in [-0.1, -0.05) is 170 Å². The minimum atomic E-state index is 0.110. The molecule has 3 N–H and O–H groups in total. The van der Waals surface area contributed by atoms with E-state index in [9.17, 15) is 9.59 Å². The number of nitrogens with one attached hydrogen (secondary N) is 1. The van der Waals surface area contributed by atoms with E-state index in [-0.39, 0.29) is 11.6 Å². The van der Waals surface area contributed by atoms with Gasteiger partial charge in [0.15, 0.2) is 11.6 Å². The summed E-state index contributed by atoms with van der Waals surface area (Å²) in [6.45, 7) is 15.4. The predicted molar refractivity (Wildman–Crippen MR) is 424 cm³/mol. The summed E-state index contributed by atoms with van der Waals surface area (Å²) in [5, 5.41) is 2.90. The third-order valence-electron chi connectivity index (χ3n) is 15.3. The lowest BCUT2D eigenvalue weighted by Crippen LogP contribution is -2.20. The van der Waals surface area contributed by atoms with Crippen molar-refractivity contribution in [2.24, 2.45) is 5.73 Å². The second-order valence-corrected chi connectivity index (χ2v) is 26.3. The van der Waals surface area contributed by atoms with E-state index in [4.69, 9.17) is 54.6 Å². The highest BCUT2D eigenvalue weighted by Crippen LogP contribution is 2.29. The third-order valence-corrected chi connectivity index (χ3v) is 18.0. The number of nitrogens with two attached hydrogens (primary N) is 1. The second-order valence-electron chi connectivity index (χ2n) is 23.4. The van der Waals surface area contributed by atoms with Crippen molar-refractivity contribution in [3.8, 4) is 66.9 Å². The van der Waals surface area contributed by atoms with E-state index < -0.39 is 0 Å². The number of benzene rings is 4. The zero-order valence-electron chi connectivity index (χ0n) is 57.4. The van der Waals surface area contributed by atoms with E-state index in [1.54, 1.807) is 20.2 Å². The van der Waals surface area contributed by atoms with E-state index in [2.05, 4.69) is 70.5 Å². The fourth-order valence-electron chi connectivity index (χ4n) is 10.0. The van der Waals surface area contributed by atoms with Crippen LogP contribution >= 0.6 is 60.2 Å². The van der Waals surface area contributed by atoms with Gasteiger partial charge in [0.05, 0.1) is 49.6 Å². The molecule has 4 aromatic carbocycles. The Balaban J connectivity index is 0.000000151. The van der Waals surface area contributed by atoms with Crippen molar-refractivity contribution in [2.75, 3.05) is 21.1 Å². The average Bonchev–Trinajstić information content (AvgIpc) is 1.71. The Hall–Kier alpha value is -10.3. The minimum absolute atomic E-state index is 0.110. The van der Waals surface area contributed by atoms with Crippen LogP contribution in [0, 0.1) is 41.5 Å². The molecule has 0 unspecified atom stereocenters. The molecule has 17 heteroatoms. The Bertz CT molecular complexity index is 4700. The Labute approximate surface area is 607 Å². The highest BCUT2D eigenvalue weighted by atomic mass is 32.1. The van der Waals surface area contributed by atoms with Gasteiger partial charge in [-0.15, -0.1) is 11.3 Å². The molecule has 0 spiro atoms. The number of pyridine rings is 7. The molecule has 0 fully saturated rings.